The van der Waals surface area contributed by atoms with E-state index in [1.165, 1.54) is 43.4 Å². The molecule has 0 aromatic carbocycles. The molecule has 118 valence electrons. The van der Waals surface area contributed by atoms with Crippen molar-refractivity contribution in [2.75, 3.05) is 6.54 Å². The summed E-state index contributed by atoms with van der Waals surface area (Å²) >= 11 is 1.86. The fourth-order valence-electron chi connectivity index (χ4n) is 3.90. The highest BCUT2D eigenvalue weighted by Gasteiger charge is 2.35. The van der Waals surface area contributed by atoms with E-state index in [-0.39, 0.29) is 6.10 Å². The highest BCUT2D eigenvalue weighted by Crippen LogP contribution is 2.36. The second-order valence-corrected chi connectivity index (χ2v) is 8.07. The van der Waals surface area contributed by atoms with Crippen molar-refractivity contribution < 1.29 is 5.11 Å². The van der Waals surface area contributed by atoms with E-state index < -0.39 is 0 Å². The molecule has 1 aromatic heterocycles. The first kappa shape index (κ1) is 15.5. The van der Waals surface area contributed by atoms with E-state index in [9.17, 15) is 5.11 Å². The van der Waals surface area contributed by atoms with Gasteiger partial charge >= 0.3 is 0 Å². The molecule has 3 atom stereocenters. The van der Waals surface area contributed by atoms with E-state index in [1.54, 1.807) is 0 Å². The average molecular weight is 308 g/mol. The standard InChI is InChI=1S/C18H29NOS/c1-2-4-14-6-9-18(20)15(11-14)12-19(16-7-8-16)13-17-5-3-10-21-17/h3,5,10,14-16,18,20H,2,4,6-9,11-13H2,1H3. The Morgan fingerprint density at radius 3 is 2.81 bits per heavy atom. The third kappa shape index (κ3) is 4.30. The lowest BCUT2D eigenvalue weighted by molar-refractivity contribution is 0.0227. The van der Waals surface area contributed by atoms with Gasteiger partial charge in [-0.3, -0.25) is 4.90 Å². The SMILES string of the molecule is CCCC1CCC(O)C(CN(Cc2cccs2)C2CC2)C1. The number of hydrogen-bond acceptors (Lipinski definition) is 3. The highest BCUT2D eigenvalue weighted by atomic mass is 32.1. The Balaban J connectivity index is 1.58. The van der Waals surface area contributed by atoms with Gasteiger partial charge < -0.3 is 5.11 Å². The van der Waals surface area contributed by atoms with Gasteiger partial charge in [0.05, 0.1) is 6.10 Å². The molecule has 3 rings (SSSR count). The predicted octanol–water partition coefficient (Wildman–Crippen LogP) is 4.29. The zero-order chi connectivity index (χ0) is 14.7. The molecule has 3 heteroatoms. The molecule has 2 nitrogen and oxygen atoms in total. The first-order chi connectivity index (χ1) is 10.3. The molecule has 0 bridgehead atoms. The summed E-state index contributed by atoms with van der Waals surface area (Å²) < 4.78 is 0. The van der Waals surface area contributed by atoms with Crippen molar-refractivity contribution in [1.82, 2.24) is 4.90 Å². The average Bonchev–Trinajstić information content (AvgIpc) is 3.20. The zero-order valence-electron chi connectivity index (χ0n) is 13.2. The monoisotopic (exact) mass is 307 g/mol. The Morgan fingerprint density at radius 2 is 2.14 bits per heavy atom. The normalized spacial score (nSPS) is 30.0. The van der Waals surface area contributed by atoms with Gasteiger partial charge in [-0.25, -0.2) is 0 Å². The van der Waals surface area contributed by atoms with Gasteiger partial charge in [-0.2, -0.15) is 0 Å². The van der Waals surface area contributed by atoms with Crippen LogP contribution in [-0.4, -0.2) is 28.7 Å². The van der Waals surface area contributed by atoms with Crippen LogP contribution >= 0.6 is 11.3 Å². The molecule has 0 saturated heterocycles. The van der Waals surface area contributed by atoms with Crippen LogP contribution in [0.2, 0.25) is 0 Å². The number of aliphatic hydroxyl groups is 1. The molecule has 0 spiro atoms. The third-order valence-corrected chi connectivity index (χ3v) is 6.08. The van der Waals surface area contributed by atoms with Gasteiger partial charge in [-0.15, -0.1) is 11.3 Å². The molecule has 0 amide bonds. The fraction of sp³-hybridized carbons (Fsp3) is 0.778. The maximum Gasteiger partial charge on any atom is 0.0580 e. The smallest absolute Gasteiger partial charge is 0.0580 e. The Labute approximate surface area is 133 Å². The number of hydrogen-bond donors (Lipinski definition) is 1. The van der Waals surface area contributed by atoms with Gasteiger partial charge in [0, 0.05) is 24.0 Å². The van der Waals surface area contributed by atoms with E-state index in [4.69, 9.17) is 0 Å². The lowest BCUT2D eigenvalue weighted by atomic mass is 9.77. The van der Waals surface area contributed by atoms with E-state index in [0.29, 0.717) is 5.92 Å². The second-order valence-electron chi connectivity index (χ2n) is 7.04. The van der Waals surface area contributed by atoms with Crippen molar-refractivity contribution in [2.24, 2.45) is 11.8 Å². The molecule has 0 radical (unpaired) electrons. The van der Waals surface area contributed by atoms with Crippen LogP contribution in [0.1, 0.15) is 56.7 Å². The molecule has 1 aromatic rings. The maximum absolute atomic E-state index is 10.4. The summed E-state index contributed by atoms with van der Waals surface area (Å²) in [7, 11) is 0. The van der Waals surface area contributed by atoms with Gasteiger partial charge in [-0.05, 0) is 55.4 Å². The molecule has 2 aliphatic carbocycles. The van der Waals surface area contributed by atoms with Crippen molar-refractivity contribution in [2.45, 2.75) is 70.6 Å². The van der Waals surface area contributed by atoms with Gasteiger partial charge in [0.15, 0.2) is 0 Å². The number of rotatable bonds is 7. The molecule has 3 unspecified atom stereocenters. The van der Waals surface area contributed by atoms with Gasteiger partial charge in [0.25, 0.3) is 0 Å². The minimum atomic E-state index is -0.0670. The van der Waals surface area contributed by atoms with E-state index in [1.807, 2.05) is 11.3 Å². The van der Waals surface area contributed by atoms with Crippen molar-refractivity contribution >= 4 is 11.3 Å². The largest absolute Gasteiger partial charge is 0.393 e. The van der Waals surface area contributed by atoms with Gasteiger partial charge in [0.1, 0.15) is 0 Å². The number of thiophene rings is 1. The van der Waals surface area contributed by atoms with Crippen LogP contribution in [0.5, 0.6) is 0 Å². The first-order valence-corrected chi connectivity index (χ1v) is 9.58. The zero-order valence-corrected chi connectivity index (χ0v) is 14.0. The predicted molar refractivity (Wildman–Crippen MR) is 89.5 cm³/mol. The Morgan fingerprint density at radius 1 is 1.29 bits per heavy atom. The van der Waals surface area contributed by atoms with Crippen molar-refractivity contribution in [3.8, 4) is 0 Å². The summed E-state index contributed by atoms with van der Waals surface area (Å²) in [6.07, 6.45) is 8.77. The lowest BCUT2D eigenvalue weighted by Crippen LogP contribution is -2.39. The number of aliphatic hydroxyl groups excluding tert-OH is 1. The molecule has 2 saturated carbocycles. The van der Waals surface area contributed by atoms with Crippen molar-refractivity contribution in [1.29, 1.82) is 0 Å². The fourth-order valence-corrected chi connectivity index (χ4v) is 4.63. The topological polar surface area (TPSA) is 23.5 Å². The summed E-state index contributed by atoms with van der Waals surface area (Å²) in [5.41, 5.74) is 0. The Hall–Kier alpha value is -0.380. The van der Waals surface area contributed by atoms with Crippen LogP contribution in [-0.2, 0) is 6.54 Å². The molecule has 21 heavy (non-hydrogen) atoms. The second kappa shape index (κ2) is 7.26. The summed E-state index contributed by atoms with van der Waals surface area (Å²) in [5, 5.41) is 12.6. The Kier molecular flexibility index (Phi) is 5.36. The summed E-state index contributed by atoms with van der Waals surface area (Å²) in [6.45, 7) is 4.47. The van der Waals surface area contributed by atoms with Crippen molar-refractivity contribution in [3.05, 3.63) is 22.4 Å². The van der Waals surface area contributed by atoms with Crippen LogP contribution in [0.3, 0.4) is 0 Å². The molecule has 1 N–H and O–H groups in total. The van der Waals surface area contributed by atoms with Gasteiger partial charge in [0.2, 0.25) is 0 Å². The minimum absolute atomic E-state index is 0.0670. The third-order valence-electron chi connectivity index (χ3n) is 5.22. The summed E-state index contributed by atoms with van der Waals surface area (Å²) in [5.74, 6) is 1.35. The molecule has 0 aliphatic heterocycles. The minimum Gasteiger partial charge on any atom is -0.393 e. The van der Waals surface area contributed by atoms with Gasteiger partial charge in [-0.1, -0.05) is 25.8 Å². The molecule has 1 heterocycles. The Bertz CT molecular complexity index is 415. The molecular formula is C18H29NOS. The molecular weight excluding hydrogens is 278 g/mol. The lowest BCUT2D eigenvalue weighted by Gasteiger charge is -2.36. The van der Waals surface area contributed by atoms with E-state index in [2.05, 4.69) is 29.3 Å². The van der Waals surface area contributed by atoms with Crippen LogP contribution in [0.15, 0.2) is 17.5 Å². The first-order valence-electron chi connectivity index (χ1n) is 8.70. The van der Waals surface area contributed by atoms with Crippen LogP contribution in [0.25, 0.3) is 0 Å². The summed E-state index contributed by atoms with van der Waals surface area (Å²) in [4.78, 5) is 4.12. The molecule has 2 aliphatic rings. The summed E-state index contributed by atoms with van der Waals surface area (Å²) in [6, 6.07) is 5.18. The maximum atomic E-state index is 10.4. The van der Waals surface area contributed by atoms with Crippen LogP contribution in [0, 0.1) is 11.8 Å². The quantitative estimate of drug-likeness (QED) is 0.812. The van der Waals surface area contributed by atoms with E-state index in [0.717, 1.165) is 31.5 Å². The van der Waals surface area contributed by atoms with Crippen molar-refractivity contribution in [3.63, 3.8) is 0 Å². The van der Waals surface area contributed by atoms with Crippen LogP contribution in [0.4, 0.5) is 0 Å². The molecule has 2 fully saturated rings. The number of nitrogens with zero attached hydrogens (tertiary/aromatic N) is 1. The highest BCUT2D eigenvalue weighted by molar-refractivity contribution is 7.09. The van der Waals surface area contributed by atoms with Crippen LogP contribution < -0.4 is 0 Å². The van der Waals surface area contributed by atoms with E-state index >= 15 is 0 Å².